The van der Waals surface area contributed by atoms with Crippen molar-refractivity contribution in [3.05, 3.63) is 34.4 Å². The van der Waals surface area contributed by atoms with E-state index in [0.717, 1.165) is 28.7 Å². The zero-order valence-corrected chi connectivity index (χ0v) is 13.1. The number of hydrogen-bond donors (Lipinski definition) is 4. The van der Waals surface area contributed by atoms with Gasteiger partial charge >= 0.3 is 13.1 Å². The number of hydrogen-bond acceptors (Lipinski definition) is 4. The molecule has 0 aliphatic heterocycles. The zero-order valence-electron chi connectivity index (χ0n) is 13.1. The highest BCUT2D eigenvalue weighted by atomic mass is 16.4. The second kappa shape index (κ2) is 6.81. The Morgan fingerprint density at radius 2 is 2.14 bits per heavy atom. The smallest absolute Gasteiger partial charge is 0.451 e. The fourth-order valence-electron chi connectivity index (χ4n) is 3.58. The Morgan fingerprint density at radius 1 is 1.45 bits per heavy atom. The van der Waals surface area contributed by atoms with E-state index in [-0.39, 0.29) is 18.3 Å². The van der Waals surface area contributed by atoms with Crippen LogP contribution in [0.25, 0.3) is 0 Å². The average molecular weight is 305 g/mol. The summed E-state index contributed by atoms with van der Waals surface area (Å²) in [6.07, 6.45) is 2.30. The quantitative estimate of drug-likeness (QED) is 0.598. The van der Waals surface area contributed by atoms with Crippen molar-refractivity contribution >= 4 is 13.1 Å². The van der Waals surface area contributed by atoms with Crippen molar-refractivity contribution in [3.63, 3.8) is 0 Å². The van der Waals surface area contributed by atoms with Gasteiger partial charge in [0.2, 0.25) is 0 Å². The first-order chi connectivity index (χ1) is 10.3. The topological polar surface area (TPSA) is 104 Å². The highest BCUT2D eigenvalue weighted by Crippen LogP contribution is 2.42. The van der Waals surface area contributed by atoms with Gasteiger partial charge in [-0.05, 0) is 61.2 Å². The number of fused-ring (bicyclic) bond motifs is 1. The first kappa shape index (κ1) is 17.0. The summed E-state index contributed by atoms with van der Waals surface area (Å²) in [7, 11) is -1.32. The predicted octanol–water partition coefficient (Wildman–Crippen LogP) is 1.61. The van der Waals surface area contributed by atoms with Crippen molar-refractivity contribution in [2.24, 2.45) is 11.7 Å². The normalized spacial score (nSPS) is 21.5. The van der Waals surface area contributed by atoms with Gasteiger partial charge < -0.3 is 20.9 Å². The maximum Gasteiger partial charge on any atom is 0.451 e. The fraction of sp³-hybridized carbons (Fsp3) is 0.562. The second-order valence-corrected chi connectivity index (χ2v) is 6.39. The van der Waals surface area contributed by atoms with Crippen LogP contribution in [-0.4, -0.2) is 28.2 Å². The van der Waals surface area contributed by atoms with Gasteiger partial charge in [-0.2, -0.15) is 0 Å². The van der Waals surface area contributed by atoms with E-state index in [4.69, 9.17) is 15.8 Å². The van der Waals surface area contributed by atoms with E-state index in [1.54, 1.807) is 0 Å². The Kier molecular flexibility index (Phi) is 5.26. The predicted molar refractivity (Wildman–Crippen MR) is 85.6 cm³/mol. The summed E-state index contributed by atoms with van der Waals surface area (Å²) in [5, 5.41) is 27.5. The molecule has 0 heterocycles. The fourth-order valence-corrected chi connectivity index (χ4v) is 3.58. The highest BCUT2D eigenvalue weighted by molar-refractivity contribution is 6.40. The minimum atomic E-state index is -1.32. The van der Waals surface area contributed by atoms with Gasteiger partial charge in [-0.25, -0.2) is 0 Å². The monoisotopic (exact) mass is 305 g/mol. The molecule has 120 valence electrons. The SMILES string of the molecule is Cc1cc2c(cc1[C@H](C)N)[C@@H](C(=O)O)[C@@H](CCCB(O)O)C2. The molecule has 0 radical (unpaired) electrons. The van der Waals surface area contributed by atoms with E-state index in [1.165, 1.54) is 0 Å². The van der Waals surface area contributed by atoms with Crippen LogP contribution in [-0.2, 0) is 11.2 Å². The standard InChI is InChI=1S/C16H24BNO4/c1-9-6-12-7-11(4-3-5-17(21)22)15(16(19)20)14(12)8-13(9)10(2)18/h6,8,10-11,15,21-22H,3-5,7,18H2,1-2H3,(H,19,20)/t10-,11-,15-/m0/s1. The first-order valence-corrected chi connectivity index (χ1v) is 7.79. The van der Waals surface area contributed by atoms with Crippen molar-refractivity contribution in [3.8, 4) is 0 Å². The van der Waals surface area contributed by atoms with E-state index in [0.29, 0.717) is 12.8 Å². The van der Waals surface area contributed by atoms with Gasteiger partial charge in [0.25, 0.3) is 0 Å². The van der Waals surface area contributed by atoms with Crippen LogP contribution >= 0.6 is 0 Å². The Morgan fingerprint density at radius 3 is 2.68 bits per heavy atom. The molecule has 3 atom stereocenters. The van der Waals surface area contributed by atoms with E-state index in [9.17, 15) is 9.90 Å². The van der Waals surface area contributed by atoms with E-state index in [2.05, 4.69) is 6.07 Å². The van der Waals surface area contributed by atoms with Crippen LogP contribution in [0.3, 0.4) is 0 Å². The number of rotatable bonds is 6. The summed E-state index contributed by atoms with van der Waals surface area (Å²) in [6.45, 7) is 3.91. The number of aliphatic carboxylic acids is 1. The molecule has 0 unspecified atom stereocenters. The van der Waals surface area contributed by atoms with Crippen LogP contribution in [0.1, 0.15) is 54.0 Å². The summed E-state index contributed by atoms with van der Waals surface area (Å²) in [5.41, 5.74) is 10.0. The van der Waals surface area contributed by atoms with E-state index < -0.39 is 19.0 Å². The largest absolute Gasteiger partial charge is 0.481 e. The van der Waals surface area contributed by atoms with Gasteiger partial charge in [0.1, 0.15) is 0 Å². The maximum atomic E-state index is 11.7. The Labute approximate surface area is 131 Å². The summed E-state index contributed by atoms with van der Waals surface area (Å²) in [6, 6.07) is 3.89. The van der Waals surface area contributed by atoms with E-state index in [1.807, 2.05) is 19.9 Å². The molecular formula is C16H24BNO4. The van der Waals surface area contributed by atoms with Crippen LogP contribution in [0.2, 0.25) is 6.32 Å². The van der Waals surface area contributed by atoms with Gasteiger partial charge in [0.05, 0.1) is 5.92 Å². The van der Waals surface area contributed by atoms with Crippen LogP contribution < -0.4 is 5.73 Å². The molecule has 1 aliphatic rings. The molecule has 0 bridgehead atoms. The van der Waals surface area contributed by atoms with Crippen LogP contribution in [0, 0.1) is 12.8 Å². The molecule has 2 rings (SSSR count). The van der Waals surface area contributed by atoms with Crippen LogP contribution in [0.4, 0.5) is 0 Å². The molecule has 5 N–H and O–H groups in total. The lowest BCUT2D eigenvalue weighted by atomic mass is 9.80. The number of nitrogens with two attached hydrogens (primary N) is 1. The van der Waals surface area contributed by atoms with Crippen molar-refractivity contribution < 1.29 is 19.9 Å². The van der Waals surface area contributed by atoms with Gasteiger partial charge in [-0.15, -0.1) is 0 Å². The molecule has 5 nitrogen and oxygen atoms in total. The third-order valence-electron chi connectivity index (χ3n) is 4.61. The highest BCUT2D eigenvalue weighted by Gasteiger charge is 2.37. The summed E-state index contributed by atoms with van der Waals surface area (Å²) in [5.74, 6) is -1.33. The number of benzene rings is 1. The molecule has 0 aromatic heterocycles. The van der Waals surface area contributed by atoms with Crippen LogP contribution in [0.15, 0.2) is 12.1 Å². The molecule has 0 saturated carbocycles. The van der Waals surface area contributed by atoms with Crippen LogP contribution in [0.5, 0.6) is 0 Å². The Bertz CT molecular complexity index is 559. The molecule has 6 heteroatoms. The average Bonchev–Trinajstić information content (AvgIpc) is 2.74. The molecule has 0 saturated heterocycles. The van der Waals surface area contributed by atoms with Gasteiger partial charge in [0, 0.05) is 6.04 Å². The van der Waals surface area contributed by atoms with Gasteiger partial charge in [0.15, 0.2) is 0 Å². The number of carbonyl (C=O) groups is 1. The summed E-state index contributed by atoms with van der Waals surface area (Å²) < 4.78 is 0. The summed E-state index contributed by atoms with van der Waals surface area (Å²) >= 11 is 0. The van der Waals surface area contributed by atoms with Crippen molar-refractivity contribution in [2.45, 2.75) is 51.4 Å². The molecule has 0 spiro atoms. The van der Waals surface area contributed by atoms with Gasteiger partial charge in [-0.3, -0.25) is 4.79 Å². The zero-order chi connectivity index (χ0) is 16.4. The van der Waals surface area contributed by atoms with Crippen molar-refractivity contribution in [2.75, 3.05) is 0 Å². The number of aryl methyl sites for hydroxylation is 1. The third kappa shape index (κ3) is 3.51. The van der Waals surface area contributed by atoms with Crippen molar-refractivity contribution in [1.29, 1.82) is 0 Å². The Hall–Kier alpha value is -1.37. The molecule has 1 aromatic carbocycles. The molecule has 0 amide bonds. The number of carboxylic acid groups (broad SMARTS) is 1. The first-order valence-electron chi connectivity index (χ1n) is 7.79. The summed E-state index contributed by atoms with van der Waals surface area (Å²) in [4.78, 5) is 11.7. The minimum absolute atomic E-state index is 0.00832. The minimum Gasteiger partial charge on any atom is -0.481 e. The van der Waals surface area contributed by atoms with Gasteiger partial charge in [-0.1, -0.05) is 18.6 Å². The molecule has 0 fully saturated rings. The lowest BCUT2D eigenvalue weighted by Crippen LogP contribution is -2.19. The lowest BCUT2D eigenvalue weighted by molar-refractivity contribution is -0.139. The van der Waals surface area contributed by atoms with Crippen molar-refractivity contribution in [1.82, 2.24) is 0 Å². The molecular weight excluding hydrogens is 281 g/mol. The molecule has 1 aromatic rings. The van der Waals surface area contributed by atoms with E-state index >= 15 is 0 Å². The number of carboxylic acids is 1. The third-order valence-corrected chi connectivity index (χ3v) is 4.61. The lowest BCUT2D eigenvalue weighted by Gasteiger charge is -2.17. The maximum absolute atomic E-state index is 11.7. The molecule has 22 heavy (non-hydrogen) atoms. The Balaban J connectivity index is 2.25. The molecule has 1 aliphatic carbocycles. The second-order valence-electron chi connectivity index (χ2n) is 6.39.